The van der Waals surface area contributed by atoms with Crippen LogP contribution in [0.25, 0.3) is 0 Å². The number of hydrogen-bond donors (Lipinski definition) is 1. The molecule has 2 rings (SSSR count). The molecule has 0 fully saturated rings. The van der Waals surface area contributed by atoms with Crippen LogP contribution in [0, 0.1) is 18.6 Å². The Bertz CT molecular complexity index is 597. The van der Waals surface area contributed by atoms with E-state index in [1.54, 1.807) is 19.1 Å². The third-order valence-corrected chi connectivity index (χ3v) is 2.77. The van der Waals surface area contributed by atoms with Crippen molar-refractivity contribution in [3.05, 3.63) is 59.2 Å². The van der Waals surface area contributed by atoms with Gasteiger partial charge in [-0.3, -0.25) is 0 Å². The predicted molar refractivity (Wildman–Crippen MR) is 70.2 cm³/mol. The van der Waals surface area contributed by atoms with Crippen LogP contribution in [-0.4, -0.2) is 0 Å². The normalized spacial score (nSPS) is 12.3. The van der Waals surface area contributed by atoms with E-state index >= 15 is 0 Å². The van der Waals surface area contributed by atoms with Gasteiger partial charge in [-0.25, -0.2) is 8.78 Å². The van der Waals surface area contributed by atoms with Gasteiger partial charge in [0, 0.05) is 11.6 Å². The molecular formula is C15H15F2NO. The third-order valence-electron chi connectivity index (χ3n) is 2.77. The fourth-order valence-corrected chi connectivity index (χ4v) is 1.78. The summed E-state index contributed by atoms with van der Waals surface area (Å²) in [5.74, 6) is -0.399. The molecule has 0 heterocycles. The molecule has 19 heavy (non-hydrogen) atoms. The molecule has 0 aromatic heterocycles. The van der Waals surface area contributed by atoms with Crippen LogP contribution in [0.2, 0.25) is 0 Å². The summed E-state index contributed by atoms with van der Waals surface area (Å²) in [6, 6.07) is 8.18. The summed E-state index contributed by atoms with van der Waals surface area (Å²) < 4.78 is 32.4. The largest absolute Gasteiger partial charge is 0.454 e. The topological polar surface area (TPSA) is 35.2 Å². The molecule has 0 radical (unpaired) electrons. The van der Waals surface area contributed by atoms with Crippen LogP contribution >= 0.6 is 0 Å². The number of ether oxygens (including phenoxy) is 1. The van der Waals surface area contributed by atoms with E-state index in [0.717, 1.165) is 5.56 Å². The predicted octanol–water partition coefficient (Wildman–Crippen LogP) is 4.09. The van der Waals surface area contributed by atoms with Gasteiger partial charge in [-0.1, -0.05) is 6.07 Å². The molecule has 2 N–H and O–H groups in total. The Balaban J connectivity index is 2.40. The Hall–Kier alpha value is -1.94. The van der Waals surface area contributed by atoms with E-state index in [2.05, 4.69) is 0 Å². The van der Waals surface area contributed by atoms with Gasteiger partial charge in [-0.05, 0) is 49.7 Å². The Morgan fingerprint density at radius 3 is 2.47 bits per heavy atom. The van der Waals surface area contributed by atoms with Gasteiger partial charge in [-0.2, -0.15) is 0 Å². The maximum atomic E-state index is 13.6. The molecule has 100 valence electrons. The van der Waals surface area contributed by atoms with Gasteiger partial charge in [0.2, 0.25) is 0 Å². The van der Waals surface area contributed by atoms with Crippen LogP contribution in [0.4, 0.5) is 8.78 Å². The van der Waals surface area contributed by atoms with E-state index in [0.29, 0.717) is 11.3 Å². The van der Waals surface area contributed by atoms with Gasteiger partial charge < -0.3 is 10.5 Å². The lowest BCUT2D eigenvalue weighted by Crippen LogP contribution is -2.07. The fourth-order valence-electron chi connectivity index (χ4n) is 1.78. The van der Waals surface area contributed by atoms with Crippen LogP contribution in [0.15, 0.2) is 36.4 Å². The first kappa shape index (κ1) is 13.5. The lowest BCUT2D eigenvalue weighted by atomic mass is 10.1. The quantitative estimate of drug-likeness (QED) is 0.905. The Morgan fingerprint density at radius 1 is 1.05 bits per heavy atom. The Kier molecular flexibility index (Phi) is 3.81. The van der Waals surface area contributed by atoms with Gasteiger partial charge in [-0.15, -0.1) is 0 Å². The van der Waals surface area contributed by atoms with E-state index in [9.17, 15) is 8.78 Å². The maximum Gasteiger partial charge on any atom is 0.165 e. The lowest BCUT2D eigenvalue weighted by molar-refractivity contribution is 0.433. The van der Waals surface area contributed by atoms with Gasteiger partial charge in [0.05, 0.1) is 0 Å². The van der Waals surface area contributed by atoms with E-state index in [-0.39, 0.29) is 5.75 Å². The van der Waals surface area contributed by atoms with Crippen LogP contribution in [0.5, 0.6) is 11.5 Å². The molecule has 0 saturated heterocycles. The van der Waals surface area contributed by atoms with Crippen molar-refractivity contribution in [2.45, 2.75) is 19.9 Å². The summed E-state index contributed by atoms with van der Waals surface area (Å²) in [7, 11) is 0. The highest BCUT2D eigenvalue weighted by molar-refractivity contribution is 5.41. The number of nitrogens with two attached hydrogens (primary N) is 1. The number of rotatable bonds is 3. The second-order valence-corrected chi connectivity index (χ2v) is 4.51. The highest BCUT2D eigenvalue weighted by atomic mass is 19.1. The van der Waals surface area contributed by atoms with Crippen LogP contribution in [0.1, 0.15) is 24.1 Å². The first-order chi connectivity index (χ1) is 8.97. The molecular weight excluding hydrogens is 248 g/mol. The molecule has 2 aromatic carbocycles. The van der Waals surface area contributed by atoms with Crippen LogP contribution in [-0.2, 0) is 0 Å². The van der Waals surface area contributed by atoms with Gasteiger partial charge in [0.15, 0.2) is 11.6 Å². The summed E-state index contributed by atoms with van der Waals surface area (Å²) >= 11 is 0. The highest BCUT2D eigenvalue weighted by Gasteiger charge is 2.12. The Morgan fingerprint density at radius 2 is 1.79 bits per heavy atom. The summed E-state index contributed by atoms with van der Waals surface area (Å²) in [5.41, 5.74) is 7.14. The van der Waals surface area contributed by atoms with Crippen molar-refractivity contribution in [1.82, 2.24) is 0 Å². The van der Waals surface area contributed by atoms with Crippen LogP contribution in [0.3, 0.4) is 0 Å². The first-order valence-corrected chi connectivity index (χ1v) is 5.96. The smallest absolute Gasteiger partial charge is 0.165 e. The van der Waals surface area contributed by atoms with Crippen molar-refractivity contribution in [2.24, 2.45) is 5.73 Å². The minimum atomic E-state index is -0.467. The van der Waals surface area contributed by atoms with Crippen molar-refractivity contribution < 1.29 is 13.5 Å². The molecule has 0 spiro atoms. The summed E-state index contributed by atoms with van der Waals surface area (Å²) in [5, 5.41) is 0. The molecule has 0 aliphatic heterocycles. The fraction of sp³-hybridized carbons (Fsp3) is 0.200. The minimum Gasteiger partial charge on any atom is -0.454 e. The number of benzene rings is 2. The Labute approximate surface area is 110 Å². The lowest BCUT2D eigenvalue weighted by Gasteiger charge is -2.14. The van der Waals surface area contributed by atoms with Crippen molar-refractivity contribution in [1.29, 1.82) is 0 Å². The summed E-state index contributed by atoms with van der Waals surface area (Å²) in [6.07, 6.45) is 0. The van der Waals surface area contributed by atoms with Crippen molar-refractivity contribution in [2.75, 3.05) is 0 Å². The standard InChI is InChI=1S/C15H15F2NO/c1-9-3-5-13(17)15(7-9)19-14-6-4-11(16)8-12(14)10(2)18/h3-8,10H,18H2,1-2H3/t10-/m0/s1. The third kappa shape index (κ3) is 3.09. The maximum absolute atomic E-state index is 13.6. The first-order valence-electron chi connectivity index (χ1n) is 5.96. The summed E-state index contributed by atoms with van der Waals surface area (Å²) in [4.78, 5) is 0. The van der Waals surface area contributed by atoms with Crippen molar-refractivity contribution in [3.63, 3.8) is 0 Å². The highest BCUT2D eigenvalue weighted by Crippen LogP contribution is 2.31. The summed E-state index contributed by atoms with van der Waals surface area (Å²) in [6.45, 7) is 3.55. The minimum absolute atomic E-state index is 0.105. The second-order valence-electron chi connectivity index (χ2n) is 4.51. The SMILES string of the molecule is Cc1ccc(F)c(Oc2ccc(F)cc2[C@H](C)N)c1. The molecule has 0 unspecified atom stereocenters. The number of halogens is 2. The zero-order valence-corrected chi connectivity index (χ0v) is 10.8. The van der Waals surface area contributed by atoms with E-state index in [1.807, 2.05) is 6.92 Å². The molecule has 0 bridgehead atoms. The molecule has 1 atom stereocenters. The van der Waals surface area contributed by atoms with Crippen molar-refractivity contribution >= 4 is 0 Å². The van der Waals surface area contributed by atoms with Crippen LogP contribution < -0.4 is 10.5 Å². The van der Waals surface area contributed by atoms with E-state index < -0.39 is 17.7 Å². The molecule has 2 nitrogen and oxygen atoms in total. The molecule has 4 heteroatoms. The second kappa shape index (κ2) is 5.36. The van der Waals surface area contributed by atoms with Gasteiger partial charge in [0.25, 0.3) is 0 Å². The zero-order chi connectivity index (χ0) is 14.0. The molecule has 0 saturated carbocycles. The van der Waals surface area contributed by atoms with E-state index in [4.69, 9.17) is 10.5 Å². The van der Waals surface area contributed by atoms with Crippen molar-refractivity contribution in [3.8, 4) is 11.5 Å². The molecule has 2 aromatic rings. The monoisotopic (exact) mass is 263 g/mol. The molecule has 0 aliphatic carbocycles. The van der Waals surface area contributed by atoms with E-state index in [1.165, 1.54) is 24.3 Å². The van der Waals surface area contributed by atoms with Gasteiger partial charge >= 0.3 is 0 Å². The number of hydrogen-bond acceptors (Lipinski definition) is 2. The zero-order valence-electron chi connectivity index (χ0n) is 10.8. The molecule has 0 amide bonds. The average Bonchev–Trinajstić information content (AvgIpc) is 2.35. The number of aryl methyl sites for hydroxylation is 1. The van der Waals surface area contributed by atoms with Gasteiger partial charge in [0.1, 0.15) is 11.6 Å². The average molecular weight is 263 g/mol. The molecule has 0 aliphatic rings.